The number of carbonyl (C=O) groups is 1. The molecule has 0 aliphatic carbocycles. The molecule has 0 unspecified atom stereocenters. The second-order valence-electron chi connectivity index (χ2n) is 6.44. The van der Waals surface area contributed by atoms with Crippen molar-refractivity contribution in [3.05, 3.63) is 64.7 Å². The summed E-state index contributed by atoms with van der Waals surface area (Å²) < 4.78 is 5.96. The van der Waals surface area contributed by atoms with Crippen LogP contribution in [0.1, 0.15) is 24.0 Å². The molecule has 6 heteroatoms. The number of nitrogens with one attached hydrogen (secondary N) is 1. The Bertz CT molecular complexity index is 711. The highest BCUT2D eigenvalue weighted by Gasteiger charge is 2.23. The largest absolute Gasteiger partial charge is 0.490 e. The molecular formula is C20H24ClN3O2. The lowest BCUT2D eigenvalue weighted by Gasteiger charge is -2.32. The molecule has 0 aromatic heterocycles. The maximum atomic E-state index is 12.3. The Balaban J connectivity index is 1.42. The van der Waals surface area contributed by atoms with Crippen LogP contribution >= 0.6 is 11.6 Å². The predicted molar refractivity (Wildman–Crippen MR) is 103 cm³/mol. The summed E-state index contributed by atoms with van der Waals surface area (Å²) in [5, 5.41) is 3.67. The molecule has 1 heterocycles. The Hall–Kier alpha value is -2.24. The molecule has 2 amide bonds. The topological polar surface area (TPSA) is 67.6 Å². The quantitative estimate of drug-likeness (QED) is 0.842. The maximum absolute atomic E-state index is 12.3. The highest BCUT2D eigenvalue weighted by molar-refractivity contribution is 6.30. The van der Waals surface area contributed by atoms with E-state index >= 15 is 0 Å². The number of piperidine rings is 1. The van der Waals surface area contributed by atoms with Gasteiger partial charge in [0.05, 0.1) is 0 Å². The summed E-state index contributed by atoms with van der Waals surface area (Å²) in [6.45, 7) is 2.43. The van der Waals surface area contributed by atoms with E-state index in [1.165, 1.54) is 0 Å². The minimum Gasteiger partial charge on any atom is -0.490 e. The predicted octanol–water partition coefficient (Wildman–Crippen LogP) is 3.55. The van der Waals surface area contributed by atoms with Crippen LogP contribution in [-0.4, -0.2) is 30.1 Å². The van der Waals surface area contributed by atoms with Crippen molar-refractivity contribution in [1.29, 1.82) is 0 Å². The van der Waals surface area contributed by atoms with Crippen molar-refractivity contribution >= 4 is 17.6 Å². The monoisotopic (exact) mass is 373 g/mol. The smallest absolute Gasteiger partial charge is 0.317 e. The van der Waals surface area contributed by atoms with Crippen molar-refractivity contribution in [2.24, 2.45) is 5.73 Å². The van der Waals surface area contributed by atoms with Gasteiger partial charge in [0.25, 0.3) is 0 Å². The van der Waals surface area contributed by atoms with E-state index in [0.29, 0.717) is 31.2 Å². The summed E-state index contributed by atoms with van der Waals surface area (Å²) >= 11 is 5.89. The molecular weight excluding hydrogens is 350 g/mol. The second kappa shape index (κ2) is 8.92. The molecule has 3 N–H and O–H groups in total. The molecule has 26 heavy (non-hydrogen) atoms. The van der Waals surface area contributed by atoms with Crippen LogP contribution in [0.5, 0.6) is 5.75 Å². The number of hydrogen-bond acceptors (Lipinski definition) is 3. The first-order valence-corrected chi connectivity index (χ1v) is 9.25. The Labute approximate surface area is 159 Å². The van der Waals surface area contributed by atoms with Gasteiger partial charge in [-0.2, -0.15) is 0 Å². The molecule has 0 saturated carbocycles. The Morgan fingerprint density at radius 2 is 1.69 bits per heavy atom. The van der Waals surface area contributed by atoms with Crippen LogP contribution < -0.4 is 15.8 Å². The fourth-order valence-electron chi connectivity index (χ4n) is 2.97. The minimum atomic E-state index is -0.0298. The van der Waals surface area contributed by atoms with Gasteiger partial charge in [0.2, 0.25) is 0 Å². The van der Waals surface area contributed by atoms with E-state index < -0.39 is 0 Å². The second-order valence-corrected chi connectivity index (χ2v) is 6.87. The van der Waals surface area contributed by atoms with Crippen molar-refractivity contribution in [2.75, 3.05) is 13.1 Å². The van der Waals surface area contributed by atoms with Crippen LogP contribution in [0, 0.1) is 0 Å². The van der Waals surface area contributed by atoms with Crippen LogP contribution in [-0.2, 0) is 13.1 Å². The lowest BCUT2D eigenvalue weighted by molar-refractivity contribution is 0.111. The summed E-state index contributed by atoms with van der Waals surface area (Å²) in [6, 6.07) is 15.3. The molecule has 1 fully saturated rings. The van der Waals surface area contributed by atoms with Gasteiger partial charge in [-0.05, 0) is 35.4 Å². The zero-order valence-electron chi connectivity index (χ0n) is 14.7. The molecule has 0 spiro atoms. The number of likely N-dealkylation sites (tertiary alicyclic amines) is 1. The molecule has 1 aliphatic heterocycles. The number of halogens is 1. The van der Waals surface area contributed by atoms with Gasteiger partial charge >= 0.3 is 6.03 Å². The SMILES string of the molecule is NCc1ccc(CNC(=O)N2CCC(Oc3ccc(Cl)cc3)CC2)cc1. The number of carbonyl (C=O) groups excluding carboxylic acids is 1. The van der Waals surface area contributed by atoms with Gasteiger partial charge in [0.1, 0.15) is 11.9 Å². The molecule has 0 atom stereocenters. The van der Waals surface area contributed by atoms with Gasteiger partial charge < -0.3 is 20.7 Å². The normalized spacial score (nSPS) is 14.9. The zero-order valence-corrected chi connectivity index (χ0v) is 15.4. The molecule has 138 valence electrons. The van der Waals surface area contributed by atoms with Gasteiger partial charge in [0, 0.05) is 44.0 Å². The van der Waals surface area contributed by atoms with Gasteiger partial charge in [-0.3, -0.25) is 0 Å². The van der Waals surface area contributed by atoms with Gasteiger partial charge in [-0.1, -0.05) is 35.9 Å². The molecule has 1 saturated heterocycles. The summed E-state index contributed by atoms with van der Waals surface area (Å²) in [6.07, 6.45) is 1.77. The van der Waals surface area contributed by atoms with E-state index in [1.54, 1.807) is 0 Å². The van der Waals surface area contributed by atoms with Crippen molar-refractivity contribution in [3.63, 3.8) is 0 Å². The average molecular weight is 374 g/mol. The molecule has 0 radical (unpaired) electrons. The van der Waals surface area contributed by atoms with Crippen LogP contribution in [0.2, 0.25) is 5.02 Å². The van der Waals surface area contributed by atoms with Crippen molar-refractivity contribution < 1.29 is 9.53 Å². The standard InChI is InChI=1S/C20H24ClN3O2/c21-17-5-7-18(8-6-17)26-19-9-11-24(12-10-19)20(25)23-14-16-3-1-15(13-22)2-4-16/h1-8,19H,9-14,22H2,(H,23,25). The molecule has 3 rings (SSSR count). The number of ether oxygens (including phenoxy) is 1. The lowest BCUT2D eigenvalue weighted by Crippen LogP contribution is -2.46. The van der Waals surface area contributed by atoms with Crippen LogP contribution in [0.3, 0.4) is 0 Å². The Kier molecular flexibility index (Phi) is 6.36. The molecule has 2 aromatic rings. The zero-order chi connectivity index (χ0) is 18.4. The van der Waals surface area contributed by atoms with E-state index in [1.807, 2.05) is 53.4 Å². The number of rotatable bonds is 5. The van der Waals surface area contributed by atoms with Gasteiger partial charge in [0.15, 0.2) is 0 Å². The molecule has 5 nitrogen and oxygen atoms in total. The summed E-state index contributed by atoms with van der Waals surface area (Å²) in [5.74, 6) is 0.818. The third-order valence-electron chi connectivity index (χ3n) is 4.55. The number of benzene rings is 2. The summed E-state index contributed by atoms with van der Waals surface area (Å²) in [4.78, 5) is 14.2. The average Bonchev–Trinajstić information content (AvgIpc) is 2.69. The minimum absolute atomic E-state index is 0.0298. The number of hydrogen-bond donors (Lipinski definition) is 2. The summed E-state index contributed by atoms with van der Waals surface area (Å²) in [5.41, 5.74) is 7.75. The number of nitrogens with zero attached hydrogens (tertiary/aromatic N) is 1. The van der Waals surface area contributed by atoms with E-state index in [4.69, 9.17) is 22.1 Å². The fourth-order valence-corrected chi connectivity index (χ4v) is 3.09. The lowest BCUT2D eigenvalue weighted by atomic mass is 10.1. The van der Waals surface area contributed by atoms with Gasteiger partial charge in [-0.25, -0.2) is 4.79 Å². The van der Waals surface area contributed by atoms with Crippen LogP contribution in [0.25, 0.3) is 0 Å². The summed E-state index contributed by atoms with van der Waals surface area (Å²) in [7, 11) is 0. The van der Waals surface area contributed by atoms with E-state index in [-0.39, 0.29) is 12.1 Å². The third kappa shape index (κ3) is 5.13. The van der Waals surface area contributed by atoms with E-state index in [0.717, 1.165) is 29.7 Å². The number of nitrogens with two attached hydrogens (primary N) is 1. The van der Waals surface area contributed by atoms with Crippen LogP contribution in [0.4, 0.5) is 4.79 Å². The first kappa shape index (κ1) is 18.5. The highest BCUT2D eigenvalue weighted by atomic mass is 35.5. The Morgan fingerprint density at radius 3 is 2.31 bits per heavy atom. The number of amides is 2. The number of urea groups is 1. The third-order valence-corrected chi connectivity index (χ3v) is 4.80. The molecule has 2 aromatic carbocycles. The van der Waals surface area contributed by atoms with Crippen molar-refractivity contribution in [1.82, 2.24) is 10.2 Å². The maximum Gasteiger partial charge on any atom is 0.317 e. The first-order valence-electron chi connectivity index (χ1n) is 8.87. The molecule has 1 aliphatic rings. The molecule has 0 bridgehead atoms. The van der Waals surface area contributed by atoms with Gasteiger partial charge in [-0.15, -0.1) is 0 Å². The van der Waals surface area contributed by atoms with E-state index in [2.05, 4.69) is 5.32 Å². The fraction of sp³-hybridized carbons (Fsp3) is 0.350. The van der Waals surface area contributed by atoms with E-state index in [9.17, 15) is 4.79 Å². The van der Waals surface area contributed by atoms with Crippen molar-refractivity contribution in [3.8, 4) is 5.75 Å². The van der Waals surface area contributed by atoms with Crippen LogP contribution in [0.15, 0.2) is 48.5 Å². The highest BCUT2D eigenvalue weighted by Crippen LogP contribution is 2.21. The van der Waals surface area contributed by atoms with Crippen molar-refractivity contribution in [2.45, 2.75) is 32.0 Å². The Morgan fingerprint density at radius 1 is 1.08 bits per heavy atom. The first-order chi connectivity index (χ1) is 12.6.